The maximum atomic E-state index is 13.0. The van der Waals surface area contributed by atoms with Crippen molar-refractivity contribution in [1.82, 2.24) is 5.06 Å². The molecule has 0 saturated heterocycles. The fourth-order valence-electron chi connectivity index (χ4n) is 2.18. The van der Waals surface area contributed by atoms with Crippen LogP contribution >= 0.6 is 0 Å². The lowest BCUT2D eigenvalue weighted by molar-refractivity contribution is -0.386. The van der Waals surface area contributed by atoms with Crippen molar-refractivity contribution in [1.29, 1.82) is 0 Å². The van der Waals surface area contributed by atoms with Gasteiger partial charge in [-0.1, -0.05) is 5.06 Å². The van der Waals surface area contributed by atoms with Gasteiger partial charge < -0.3 is 9.57 Å². The van der Waals surface area contributed by atoms with Gasteiger partial charge in [-0.05, 0) is 12.1 Å². The molecule has 0 atom stereocenters. The van der Waals surface area contributed by atoms with Crippen LogP contribution in [0.3, 0.4) is 0 Å². The van der Waals surface area contributed by atoms with Crippen molar-refractivity contribution in [3.05, 3.63) is 46.0 Å². The van der Waals surface area contributed by atoms with Crippen LogP contribution in [0.5, 0.6) is 5.75 Å². The fraction of sp³-hybridized carbons (Fsp3) is 0.214. The molecule has 2 amide bonds. The van der Waals surface area contributed by atoms with E-state index in [1.165, 1.54) is 0 Å². The molecule has 28 heavy (non-hydrogen) atoms. The first-order valence-electron chi connectivity index (χ1n) is 7.24. The Kier molecular flexibility index (Phi) is 4.33. The van der Waals surface area contributed by atoms with Crippen molar-refractivity contribution in [2.75, 3.05) is 6.61 Å². The maximum absolute atomic E-state index is 13.0. The van der Waals surface area contributed by atoms with Crippen molar-refractivity contribution >= 4 is 23.5 Å². The largest absolute Gasteiger partial charge is 0.475 e. The molecule has 0 N–H and O–H groups in total. The molecule has 0 unspecified atom stereocenters. The standard InChI is InChI=1S/C14H7F3N4O7/c15-14(16,17)13(18-19-13)7-1-2-9(8(5-7)21(25)26)27-6-12(24)28-20-10(22)3-4-11(20)23/h1-5H,6H2. The van der Waals surface area contributed by atoms with Gasteiger partial charge in [0, 0.05) is 23.8 Å². The van der Waals surface area contributed by atoms with Gasteiger partial charge in [-0.2, -0.15) is 13.2 Å². The highest BCUT2D eigenvalue weighted by atomic mass is 19.4. The van der Waals surface area contributed by atoms with E-state index in [4.69, 9.17) is 4.74 Å². The lowest BCUT2D eigenvalue weighted by Gasteiger charge is -2.15. The van der Waals surface area contributed by atoms with Crippen LogP contribution in [-0.4, -0.2) is 40.6 Å². The van der Waals surface area contributed by atoms with E-state index in [9.17, 15) is 37.7 Å². The van der Waals surface area contributed by atoms with Crippen LogP contribution in [0, 0.1) is 10.1 Å². The van der Waals surface area contributed by atoms with E-state index in [-0.39, 0.29) is 5.06 Å². The van der Waals surface area contributed by atoms with Crippen molar-refractivity contribution < 1.29 is 42.1 Å². The van der Waals surface area contributed by atoms with Crippen LogP contribution in [0.15, 0.2) is 40.6 Å². The third-order valence-electron chi connectivity index (χ3n) is 3.56. The van der Waals surface area contributed by atoms with Gasteiger partial charge >= 0.3 is 23.5 Å². The molecule has 0 bridgehead atoms. The average molecular weight is 400 g/mol. The molecule has 2 heterocycles. The summed E-state index contributed by atoms with van der Waals surface area (Å²) in [6.45, 7) is -0.962. The minimum Gasteiger partial charge on any atom is -0.475 e. The molecule has 1 aromatic rings. The number of hydrogen-bond acceptors (Lipinski definition) is 9. The number of benzene rings is 1. The summed E-state index contributed by atoms with van der Waals surface area (Å²) in [4.78, 5) is 48.7. The molecule has 3 rings (SSSR count). The summed E-state index contributed by atoms with van der Waals surface area (Å²) in [6, 6.07) is 2.27. The Morgan fingerprint density at radius 2 is 1.82 bits per heavy atom. The number of rotatable bonds is 6. The highest BCUT2D eigenvalue weighted by molar-refractivity contribution is 6.12. The number of hydroxylamine groups is 2. The molecule has 0 aromatic heterocycles. The number of alkyl halides is 3. The van der Waals surface area contributed by atoms with E-state index in [1.54, 1.807) is 0 Å². The van der Waals surface area contributed by atoms with E-state index in [1.807, 2.05) is 0 Å². The van der Waals surface area contributed by atoms with E-state index >= 15 is 0 Å². The van der Waals surface area contributed by atoms with Gasteiger partial charge in [0.25, 0.3) is 11.8 Å². The second-order valence-corrected chi connectivity index (χ2v) is 5.37. The molecule has 0 fully saturated rings. The summed E-state index contributed by atoms with van der Waals surface area (Å²) < 4.78 is 43.9. The number of hydrogen-bond donors (Lipinski definition) is 0. The number of carbonyl (C=O) groups is 3. The molecule has 1 aromatic carbocycles. The summed E-state index contributed by atoms with van der Waals surface area (Å²) in [6.07, 6.45) is -3.18. The van der Waals surface area contributed by atoms with Crippen LogP contribution in [0.2, 0.25) is 0 Å². The first-order chi connectivity index (χ1) is 13.0. The summed E-state index contributed by atoms with van der Waals surface area (Å²) in [7, 11) is 0. The summed E-state index contributed by atoms with van der Waals surface area (Å²) in [5, 5.41) is 17.2. The molecule has 11 nitrogen and oxygen atoms in total. The van der Waals surface area contributed by atoms with Gasteiger partial charge in [0.1, 0.15) is 0 Å². The Morgan fingerprint density at radius 3 is 2.32 bits per heavy atom. The second kappa shape index (κ2) is 6.40. The normalized spacial score (nSPS) is 17.0. The Hall–Kier alpha value is -3.84. The number of halogens is 3. The average Bonchev–Trinajstić information content (AvgIpc) is 3.38. The fourth-order valence-corrected chi connectivity index (χ4v) is 2.18. The zero-order chi connectivity index (χ0) is 20.7. The Morgan fingerprint density at radius 1 is 1.21 bits per heavy atom. The predicted octanol–water partition coefficient (Wildman–Crippen LogP) is 1.54. The van der Waals surface area contributed by atoms with E-state index in [2.05, 4.69) is 15.1 Å². The molecule has 2 aliphatic heterocycles. The zero-order valence-corrected chi connectivity index (χ0v) is 13.4. The Bertz CT molecular complexity index is 933. The number of carbonyl (C=O) groups excluding carboxylic acids is 3. The van der Waals surface area contributed by atoms with Crippen LogP contribution in [0.4, 0.5) is 18.9 Å². The summed E-state index contributed by atoms with van der Waals surface area (Å²) >= 11 is 0. The number of imide groups is 1. The Labute approximate surface area is 152 Å². The van der Waals surface area contributed by atoms with Gasteiger partial charge in [0.05, 0.1) is 4.92 Å². The molecular weight excluding hydrogens is 393 g/mol. The van der Waals surface area contributed by atoms with Crippen molar-refractivity contribution in [3.8, 4) is 5.75 Å². The number of nitrogens with zero attached hydrogens (tertiary/aromatic N) is 4. The maximum Gasteiger partial charge on any atom is 0.442 e. The number of amides is 2. The van der Waals surface area contributed by atoms with Crippen molar-refractivity contribution in [2.24, 2.45) is 10.2 Å². The van der Waals surface area contributed by atoms with Crippen LogP contribution < -0.4 is 4.74 Å². The molecule has 146 valence electrons. The minimum atomic E-state index is -4.88. The Balaban J connectivity index is 1.72. The van der Waals surface area contributed by atoms with Crippen LogP contribution in [0.1, 0.15) is 5.56 Å². The van der Waals surface area contributed by atoms with Gasteiger partial charge in [0.2, 0.25) is 0 Å². The molecule has 2 aliphatic rings. The van der Waals surface area contributed by atoms with E-state index in [0.29, 0.717) is 6.07 Å². The quantitative estimate of drug-likeness (QED) is 0.401. The number of ether oxygens (including phenoxy) is 1. The second-order valence-electron chi connectivity index (χ2n) is 5.37. The lowest BCUT2D eigenvalue weighted by atomic mass is 10.0. The van der Waals surface area contributed by atoms with E-state index < -0.39 is 58.2 Å². The number of nitro benzene ring substituents is 1. The van der Waals surface area contributed by atoms with Gasteiger partial charge in [-0.25, -0.2) is 4.79 Å². The molecule has 14 heteroatoms. The highest BCUT2D eigenvalue weighted by Gasteiger charge is 2.65. The molecule has 0 aliphatic carbocycles. The van der Waals surface area contributed by atoms with Crippen LogP contribution in [-0.2, 0) is 24.9 Å². The third-order valence-corrected chi connectivity index (χ3v) is 3.56. The zero-order valence-electron chi connectivity index (χ0n) is 13.4. The third kappa shape index (κ3) is 3.26. The van der Waals surface area contributed by atoms with Gasteiger partial charge in [0.15, 0.2) is 12.4 Å². The minimum absolute atomic E-state index is 0.145. The van der Waals surface area contributed by atoms with Crippen molar-refractivity contribution in [2.45, 2.75) is 11.8 Å². The monoisotopic (exact) mass is 400 g/mol. The number of nitro groups is 1. The predicted molar refractivity (Wildman–Crippen MR) is 78.3 cm³/mol. The van der Waals surface area contributed by atoms with Gasteiger partial charge in [-0.15, -0.1) is 10.2 Å². The van der Waals surface area contributed by atoms with Crippen molar-refractivity contribution in [3.63, 3.8) is 0 Å². The van der Waals surface area contributed by atoms with E-state index in [0.717, 1.165) is 24.3 Å². The molecule has 0 saturated carbocycles. The first-order valence-corrected chi connectivity index (χ1v) is 7.24. The first kappa shape index (κ1) is 18.9. The van der Waals surface area contributed by atoms with Gasteiger partial charge in [-0.3, -0.25) is 19.7 Å². The summed E-state index contributed by atoms with van der Waals surface area (Å²) in [5.74, 6) is -3.62. The smallest absolute Gasteiger partial charge is 0.442 e. The molecule has 0 radical (unpaired) electrons. The highest BCUT2D eigenvalue weighted by Crippen LogP contribution is 2.53. The molecule has 0 spiro atoms. The lowest BCUT2D eigenvalue weighted by Crippen LogP contribution is -2.34. The SMILES string of the molecule is O=C(COc1ccc(C2(C(F)(F)F)N=N2)cc1[N+](=O)[O-])ON1C(=O)C=CC1=O. The molecular formula is C14H7F3N4O7. The topological polar surface area (TPSA) is 141 Å². The summed E-state index contributed by atoms with van der Waals surface area (Å²) in [5.41, 5.74) is -4.33. The van der Waals surface area contributed by atoms with Crippen LogP contribution in [0.25, 0.3) is 0 Å².